The SMILES string of the molecule is N#Cc1ccsc1NC(=O)CCCO. The summed E-state index contributed by atoms with van der Waals surface area (Å²) in [6, 6.07) is 3.64. The van der Waals surface area contributed by atoms with Gasteiger partial charge in [-0.25, -0.2) is 0 Å². The topological polar surface area (TPSA) is 73.1 Å². The summed E-state index contributed by atoms with van der Waals surface area (Å²) < 4.78 is 0. The van der Waals surface area contributed by atoms with Crippen LogP contribution in [0.25, 0.3) is 0 Å². The lowest BCUT2D eigenvalue weighted by molar-refractivity contribution is -0.116. The molecule has 0 saturated heterocycles. The monoisotopic (exact) mass is 210 g/mol. The number of nitrogens with one attached hydrogen (secondary N) is 1. The van der Waals surface area contributed by atoms with E-state index in [4.69, 9.17) is 10.4 Å². The summed E-state index contributed by atoms with van der Waals surface area (Å²) in [5.74, 6) is -0.169. The van der Waals surface area contributed by atoms with Crippen LogP contribution in [0.5, 0.6) is 0 Å². The zero-order valence-electron chi connectivity index (χ0n) is 7.49. The molecule has 0 aliphatic carbocycles. The molecule has 0 aliphatic rings. The average Bonchev–Trinajstić information content (AvgIpc) is 2.62. The quantitative estimate of drug-likeness (QED) is 0.787. The average molecular weight is 210 g/mol. The summed E-state index contributed by atoms with van der Waals surface area (Å²) in [5, 5.41) is 22.1. The maximum atomic E-state index is 11.2. The molecule has 74 valence electrons. The fourth-order valence-electron chi connectivity index (χ4n) is 0.923. The molecule has 5 heteroatoms. The van der Waals surface area contributed by atoms with Crippen molar-refractivity contribution < 1.29 is 9.90 Å². The highest BCUT2D eigenvalue weighted by atomic mass is 32.1. The van der Waals surface area contributed by atoms with Crippen molar-refractivity contribution in [1.29, 1.82) is 5.26 Å². The Kier molecular flexibility index (Phi) is 4.11. The highest BCUT2D eigenvalue weighted by Crippen LogP contribution is 2.22. The van der Waals surface area contributed by atoms with E-state index in [0.29, 0.717) is 17.0 Å². The Morgan fingerprint density at radius 1 is 1.71 bits per heavy atom. The predicted octanol–water partition coefficient (Wildman–Crippen LogP) is 1.33. The Morgan fingerprint density at radius 3 is 3.14 bits per heavy atom. The molecule has 1 heterocycles. The molecular weight excluding hydrogens is 200 g/mol. The van der Waals surface area contributed by atoms with E-state index in [1.165, 1.54) is 11.3 Å². The van der Waals surface area contributed by atoms with Crippen LogP contribution >= 0.6 is 11.3 Å². The molecule has 0 bridgehead atoms. The number of nitriles is 1. The molecule has 1 aromatic rings. The summed E-state index contributed by atoms with van der Waals surface area (Å²) in [6.45, 7) is 0.00294. The molecule has 0 spiro atoms. The number of rotatable bonds is 4. The molecule has 0 unspecified atom stereocenters. The molecular formula is C9H10N2O2S. The Balaban J connectivity index is 2.52. The first-order valence-corrected chi connectivity index (χ1v) is 5.04. The molecule has 1 aromatic heterocycles. The van der Waals surface area contributed by atoms with Crippen LogP contribution in [0.15, 0.2) is 11.4 Å². The summed E-state index contributed by atoms with van der Waals surface area (Å²) in [6.07, 6.45) is 0.721. The number of carbonyl (C=O) groups excluding carboxylic acids is 1. The van der Waals surface area contributed by atoms with Crippen LogP contribution in [0.4, 0.5) is 5.00 Å². The Labute approximate surface area is 85.8 Å². The van der Waals surface area contributed by atoms with Crippen molar-refractivity contribution in [2.45, 2.75) is 12.8 Å². The molecule has 0 atom stereocenters. The van der Waals surface area contributed by atoms with Gasteiger partial charge in [-0.15, -0.1) is 11.3 Å². The molecule has 2 N–H and O–H groups in total. The van der Waals surface area contributed by atoms with Crippen LogP contribution in [0, 0.1) is 11.3 Å². The molecule has 1 amide bonds. The molecule has 14 heavy (non-hydrogen) atoms. The van der Waals surface area contributed by atoms with Gasteiger partial charge in [0.2, 0.25) is 5.91 Å². The number of hydrogen-bond donors (Lipinski definition) is 2. The summed E-state index contributed by atoms with van der Waals surface area (Å²) >= 11 is 1.32. The number of nitrogens with zero attached hydrogens (tertiary/aromatic N) is 1. The zero-order valence-corrected chi connectivity index (χ0v) is 8.30. The largest absolute Gasteiger partial charge is 0.396 e. The third-order valence-electron chi connectivity index (χ3n) is 1.60. The summed E-state index contributed by atoms with van der Waals surface area (Å²) in [4.78, 5) is 11.2. The van der Waals surface area contributed by atoms with Crippen molar-refractivity contribution in [3.63, 3.8) is 0 Å². The number of hydrogen-bond acceptors (Lipinski definition) is 4. The molecule has 0 aliphatic heterocycles. The second kappa shape index (κ2) is 5.37. The standard InChI is InChI=1S/C9H10N2O2S/c10-6-7-3-5-14-9(7)11-8(13)2-1-4-12/h3,5,12H,1-2,4H2,(H,11,13). The van der Waals surface area contributed by atoms with Gasteiger partial charge < -0.3 is 10.4 Å². The van der Waals surface area contributed by atoms with Crippen molar-refractivity contribution in [3.8, 4) is 6.07 Å². The third-order valence-corrected chi connectivity index (χ3v) is 2.43. The van der Waals surface area contributed by atoms with E-state index in [2.05, 4.69) is 5.32 Å². The first-order chi connectivity index (χ1) is 6.77. The van der Waals surface area contributed by atoms with Gasteiger partial charge in [-0.2, -0.15) is 5.26 Å². The number of anilines is 1. The van der Waals surface area contributed by atoms with Crippen molar-refractivity contribution in [2.75, 3.05) is 11.9 Å². The van der Waals surface area contributed by atoms with Crippen molar-refractivity contribution in [2.24, 2.45) is 0 Å². The molecule has 4 nitrogen and oxygen atoms in total. The van der Waals surface area contributed by atoms with Crippen LogP contribution in [-0.2, 0) is 4.79 Å². The van der Waals surface area contributed by atoms with Crippen molar-refractivity contribution in [3.05, 3.63) is 17.0 Å². The number of aliphatic hydroxyl groups is 1. The number of amides is 1. The van der Waals surface area contributed by atoms with E-state index >= 15 is 0 Å². The van der Waals surface area contributed by atoms with Gasteiger partial charge in [-0.3, -0.25) is 4.79 Å². The summed E-state index contributed by atoms with van der Waals surface area (Å²) in [7, 11) is 0. The Hall–Kier alpha value is -1.38. The van der Waals surface area contributed by atoms with Gasteiger partial charge >= 0.3 is 0 Å². The third kappa shape index (κ3) is 2.83. The molecule has 0 saturated carbocycles. The minimum atomic E-state index is -0.169. The van der Waals surface area contributed by atoms with Crippen molar-refractivity contribution in [1.82, 2.24) is 0 Å². The van der Waals surface area contributed by atoms with E-state index in [-0.39, 0.29) is 18.9 Å². The fraction of sp³-hybridized carbons (Fsp3) is 0.333. The predicted molar refractivity (Wildman–Crippen MR) is 54.0 cm³/mol. The van der Waals surface area contributed by atoms with E-state index in [1.54, 1.807) is 11.4 Å². The lowest BCUT2D eigenvalue weighted by atomic mass is 10.3. The molecule has 0 radical (unpaired) electrons. The second-order valence-corrected chi connectivity index (χ2v) is 3.57. The van der Waals surface area contributed by atoms with E-state index < -0.39 is 0 Å². The smallest absolute Gasteiger partial charge is 0.225 e. The van der Waals surface area contributed by atoms with E-state index in [9.17, 15) is 4.79 Å². The fourth-order valence-corrected chi connectivity index (χ4v) is 1.68. The van der Waals surface area contributed by atoms with E-state index in [1.807, 2.05) is 6.07 Å². The Bertz CT molecular complexity index is 354. The first-order valence-electron chi connectivity index (χ1n) is 4.16. The number of aliphatic hydroxyl groups excluding tert-OH is 1. The number of thiophene rings is 1. The lowest BCUT2D eigenvalue weighted by Gasteiger charge is -2.01. The van der Waals surface area contributed by atoms with Gasteiger partial charge in [0.05, 0.1) is 5.56 Å². The maximum Gasteiger partial charge on any atom is 0.225 e. The minimum absolute atomic E-state index is 0.00294. The highest BCUT2D eigenvalue weighted by Gasteiger charge is 2.07. The lowest BCUT2D eigenvalue weighted by Crippen LogP contribution is -2.11. The van der Waals surface area contributed by atoms with Gasteiger partial charge in [0.25, 0.3) is 0 Å². The Morgan fingerprint density at radius 2 is 2.50 bits per heavy atom. The van der Waals surface area contributed by atoms with Crippen LogP contribution in [0.2, 0.25) is 0 Å². The zero-order chi connectivity index (χ0) is 10.4. The maximum absolute atomic E-state index is 11.2. The normalized spacial score (nSPS) is 9.43. The molecule has 0 fully saturated rings. The van der Waals surface area contributed by atoms with Crippen LogP contribution in [0.3, 0.4) is 0 Å². The second-order valence-electron chi connectivity index (χ2n) is 2.65. The highest BCUT2D eigenvalue weighted by molar-refractivity contribution is 7.14. The molecule has 1 rings (SSSR count). The summed E-state index contributed by atoms with van der Waals surface area (Å²) in [5.41, 5.74) is 0.479. The van der Waals surface area contributed by atoms with Gasteiger partial charge in [0.15, 0.2) is 0 Å². The number of carbonyl (C=O) groups is 1. The first kappa shape index (κ1) is 10.7. The van der Waals surface area contributed by atoms with Crippen LogP contribution < -0.4 is 5.32 Å². The van der Waals surface area contributed by atoms with E-state index in [0.717, 1.165) is 0 Å². The minimum Gasteiger partial charge on any atom is -0.396 e. The van der Waals surface area contributed by atoms with Crippen LogP contribution in [0.1, 0.15) is 18.4 Å². The van der Waals surface area contributed by atoms with Gasteiger partial charge in [0, 0.05) is 13.0 Å². The van der Waals surface area contributed by atoms with Gasteiger partial charge in [0.1, 0.15) is 11.1 Å². The van der Waals surface area contributed by atoms with Gasteiger partial charge in [-0.1, -0.05) is 0 Å². The van der Waals surface area contributed by atoms with Crippen molar-refractivity contribution >= 4 is 22.2 Å². The van der Waals surface area contributed by atoms with Gasteiger partial charge in [-0.05, 0) is 17.9 Å². The van der Waals surface area contributed by atoms with Crippen LogP contribution in [-0.4, -0.2) is 17.6 Å². The molecule has 0 aromatic carbocycles.